The van der Waals surface area contributed by atoms with Crippen molar-refractivity contribution in [2.24, 2.45) is 0 Å². The van der Waals surface area contributed by atoms with Gasteiger partial charge in [-0.25, -0.2) is 14.1 Å². The van der Waals surface area contributed by atoms with Crippen molar-refractivity contribution in [2.75, 3.05) is 6.54 Å². The molecular formula is C24H24FN5O2S. The molecule has 33 heavy (non-hydrogen) atoms. The van der Waals surface area contributed by atoms with E-state index >= 15 is 0 Å². The fourth-order valence-corrected chi connectivity index (χ4v) is 5.60. The lowest BCUT2D eigenvalue weighted by atomic mass is 9.83. The molecule has 1 saturated carbocycles. The van der Waals surface area contributed by atoms with Crippen LogP contribution in [0.15, 0.2) is 59.1 Å². The minimum absolute atomic E-state index is 0.0634. The molecule has 170 valence electrons. The highest BCUT2D eigenvalue weighted by atomic mass is 32.1. The zero-order valence-electron chi connectivity index (χ0n) is 18.0. The number of nitrogens with zero attached hydrogens (tertiary/aromatic N) is 4. The second kappa shape index (κ2) is 8.90. The van der Waals surface area contributed by atoms with Gasteiger partial charge in [0, 0.05) is 11.4 Å². The summed E-state index contributed by atoms with van der Waals surface area (Å²) in [6, 6.07) is 10.1. The molecular weight excluding hydrogens is 441 g/mol. The van der Waals surface area contributed by atoms with E-state index in [-0.39, 0.29) is 17.3 Å². The Morgan fingerprint density at radius 3 is 2.70 bits per heavy atom. The number of fused-ring (bicyclic) bond motifs is 1. The van der Waals surface area contributed by atoms with Crippen LogP contribution in [0.1, 0.15) is 36.1 Å². The van der Waals surface area contributed by atoms with Gasteiger partial charge in [-0.3, -0.25) is 14.2 Å². The molecule has 0 spiro atoms. The first-order chi connectivity index (χ1) is 16.1. The molecule has 7 nitrogen and oxygen atoms in total. The van der Waals surface area contributed by atoms with Crippen molar-refractivity contribution in [2.45, 2.75) is 44.2 Å². The number of carbonyl (C=O) groups excluding carboxylic acids is 1. The highest BCUT2D eigenvalue weighted by molar-refractivity contribution is 7.10. The van der Waals surface area contributed by atoms with Crippen LogP contribution in [-0.2, 0) is 23.3 Å². The summed E-state index contributed by atoms with van der Waals surface area (Å²) in [5.41, 5.74) is 0.661. The molecule has 1 aliphatic rings. The third-order valence-electron chi connectivity index (χ3n) is 6.38. The van der Waals surface area contributed by atoms with Gasteiger partial charge in [-0.15, -0.1) is 11.3 Å². The van der Waals surface area contributed by atoms with Crippen LogP contribution < -0.4 is 10.9 Å². The quantitative estimate of drug-likeness (QED) is 0.453. The van der Waals surface area contributed by atoms with Crippen molar-refractivity contribution in [1.82, 2.24) is 24.6 Å². The third-order valence-corrected chi connectivity index (χ3v) is 7.46. The summed E-state index contributed by atoms with van der Waals surface area (Å²) >= 11 is 1.64. The Labute approximate surface area is 193 Å². The van der Waals surface area contributed by atoms with Crippen LogP contribution >= 0.6 is 11.3 Å². The maximum atomic E-state index is 13.1. The second-order valence-corrected chi connectivity index (χ2v) is 9.38. The first-order valence-corrected chi connectivity index (χ1v) is 11.9. The fourth-order valence-electron chi connectivity index (χ4n) is 4.62. The lowest BCUT2D eigenvalue weighted by Crippen LogP contribution is -2.43. The lowest BCUT2D eigenvalue weighted by molar-refractivity contribution is -0.126. The maximum Gasteiger partial charge on any atom is 0.264 e. The van der Waals surface area contributed by atoms with E-state index < -0.39 is 5.41 Å². The average Bonchev–Trinajstić information content (AvgIpc) is 3.58. The van der Waals surface area contributed by atoms with E-state index in [1.165, 1.54) is 29.2 Å². The molecule has 9 heteroatoms. The number of thiophene rings is 1. The number of benzene rings is 1. The van der Waals surface area contributed by atoms with Crippen molar-refractivity contribution in [3.63, 3.8) is 0 Å². The van der Waals surface area contributed by atoms with Gasteiger partial charge in [0.1, 0.15) is 17.5 Å². The normalized spacial score (nSPS) is 15.2. The SMILES string of the molecule is O=C(NCCn1ncc2c(=O)n(Cc3ccc(F)cc3)cnc21)C1(c2cccs2)CCCC1. The van der Waals surface area contributed by atoms with E-state index in [0.717, 1.165) is 36.1 Å². The van der Waals surface area contributed by atoms with Gasteiger partial charge in [-0.05, 0) is 42.0 Å². The smallest absolute Gasteiger partial charge is 0.264 e. The number of hydrogen-bond donors (Lipinski definition) is 1. The summed E-state index contributed by atoms with van der Waals surface area (Å²) in [5.74, 6) is -0.254. The Balaban J connectivity index is 1.28. The summed E-state index contributed by atoms with van der Waals surface area (Å²) in [4.78, 5) is 31.5. The monoisotopic (exact) mass is 465 g/mol. The van der Waals surface area contributed by atoms with E-state index in [9.17, 15) is 14.0 Å². The predicted molar refractivity (Wildman–Crippen MR) is 125 cm³/mol. The minimum atomic E-state index is -0.424. The lowest BCUT2D eigenvalue weighted by Gasteiger charge is -2.26. The molecule has 1 N–H and O–H groups in total. The predicted octanol–water partition coefficient (Wildman–Crippen LogP) is 3.47. The molecule has 1 aliphatic carbocycles. The van der Waals surface area contributed by atoms with Crippen LogP contribution in [0.3, 0.4) is 0 Å². The topological polar surface area (TPSA) is 81.8 Å². The standard InChI is InChI=1S/C24H24FN5O2S/c25-18-7-5-17(6-8-18)15-29-16-27-21-19(22(29)31)14-28-30(21)12-11-26-23(32)24(9-1-2-10-24)20-4-3-13-33-20/h3-8,13-14,16H,1-2,9-12,15H2,(H,26,32). The Hall–Kier alpha value is -3.33. The fraction of sp³-hybridized carbons (Fsp3) is 0.333. The van der Waals surface area contributed by atoms with Gasteiger partial charge in [0.25, 0.3) is 5.56 Å². The number of rotatable bonds is 7. The number of carbonyl (C=O) groups is 1. The van der Waals surface area contributed by atoms with E-state index in [4.69, 9.17) is 0 Å². The van der Waals surface area contributed by atoms with Crippen LogP contribution in [0.5, 0.6) is 0 Å². The van der Waals surface area contributed by atoms with Gasteiger partial charge < -0.3 is 5.32 Å². The van der Waals surface area contributed by atoms with Crippen molar-refractivity contribution >= 4 is 28.3 Å². The first-order valence-electron chi connectivity index (χ1n) is 11.0. The van der Waals surface area contributed by atoms with Crippen molar-refractivity contribution < 1.29 is 9.18 Å². The highest BCUT2D eigenvalue weighted by Gasteiger charge is 2.43. The summed E-state index contributed by atoms with van der Waals surface area (Å²) in [5, 5.41) is 9.84. The molecule has 3 aromatic heterocycles. The second-order valence-electron chi connectivity index (χ2n) is 8.43. The molecule has 1 fully saturated rings. The highest BCUT2D eigenvalue weighted by Crippen LogP contribution is 2.43. The molecule has 3 heterocycles. The average molecular weight is 466 g/mol. The zero-order valence-corrected chi connectivity index (χ0v) is 18.9. The molecule has 0 saturated heterocycles. The van der Waals surface area contributed by atoms with Gasteiger partial charge >= 0.3 is 0 Å². The Morgan fingerprint density at radius 1 is 1.18 bits per heavy atom. The van der Waals surface area contributed by atoms with Crippen LogP contribution in [-0.4, -0.2) is 31.8 Å². The molecule has 0 radical (unpaired) electrons. The van der Waals surface area contributed by atoms with Crippen LogP contribution in [0, 0.1) is 5.82 Å². The van der Waals surface area contributed by atoms with Crippen molar-refractivity contribution in [1.29, 1.82) is 0 Å². The van der Waals surface area contributed by atoms with Crippen LogP contribution in [0.25, 0.3) is 11.0 Å². The summed E-state index contributed by atoms with van der Waals surface area (Å²) in [7, 11) is 0. The van der Waals surface area contributed by atoms with Crippen LogP contribution in [0.4, 0.5) is 4.39 Å². The molecule has 1 amide bonds. The van der Waals surface area contributed by atoms with E-state index in [1.807, 2.05) is 11.4 Å². The molecule has 0 bridgehead atoms. The number of aromatic nitrogens is 4. The van der Waals surface area contributed by atoms with Gasteiger partial charge in [0.2, 0.25) is 5.91 Å². The third kappa shape index (κ3) is 4.08. The zero-order chi connectivity index (χ0) is 22.8. The number of hydrogen-bond acceptors (Lipinski definition) is 5. The largest absolute Gasteiger partial charge is 0.353 e. The molecule has 5 rings (SSSR count). The maximum absolute atomic E-state index is 13.1. The molecule has 0 atom stereocenters. The number of amides is 1. The van der Waals surface area contributed by atoms with Gasteiger partial charge in [0.15, 0.2) is 5.65 Å². The summed E-state index contributed by atoms with van der Waals surface area (Å²) < 4.78 is 16.3. The molecule has 0 unspecified atom stereocenters. The number of nitrogens with one attached hydrogen (secondary N) is 1. The van der Waals surface area contributed by atoms with E-state index in [1.54, 1.807) is 28.2 Å². The Morgan fingerprint density at radius 2 is 1.97 bits per heavy atom. The summed E-state index contributed by atoms with van der Waals surface area (Å²) in [6.45, 7) is 1.13. The van der Waals surface area contributed by atoms with Gasteiger partial charge in [0.05, 0.1) is 24.7 Å². The Bertz CT molecular complexity index is 1320. The molecule has 4 aromatic rings. The van der Waals surface area contributed by atoms with Crippen molar-refractivity contribution in [3.8, 4) is 0 Å². The number of halogens is 1. The first kappa shape index (κ1) is 21.5. The van der Waals surface area contributed by atoms with Gasteiger partial charge in [-0.2, -0.15) is 5.10 Å². The Kier molecular flexibility index (Phi) is 5.80. The van der Waals surface area contributed by atoms with Crippen molar-refractivity contribution in [3.05, 3.63) is 80.9 Å². The van der Waals surface area contributed by atoms with Crippen LogP contribution in [0.2, 0.25) is 0 Å². The van der Waals surface area contributed by atoms with Gasteiger partial charge in [-0.1, -0.05) is 31.0 Å². The van der Waals surface area contributed by atoms with E-state index in [0.29, 0.717) is 30.7 Å². The molecule has 1 aromatic carbocycles. The summed E-state index contributed by atoms with van der Waals surface area (Å²) in [6.07, 6.45) is 6.86. The van der Waals surface area contributed by atoms with E-state index in [2.05, 4.69) is 21.5 Å². The minimum Gasteiger partial charge on any atom is -0.353 e. The molecule has 0 aliphatic heterocycles.